The van der Waals surface area contributed by atoms with Crippen molar-refractivity contribution in [3.8, 4) is 0 Å². The molecule has 10 fully saturated rings. The molecule has 0 aromatic heterocycles. The summed E-state index contributed by atoms with van der Waals surface area (Å²) < 4.78 is 40.5. The number of hydrogen-bond acceptors (Lipinski definition) is 9. The van der Waals surface area contributed by atoms with E-state index in [1.165, 1.54) is 49.1 Å². The van der Waals surface area contributed by atoms with Crippen LogP contribution in [0.5, 0.6) is 0 Å². The molecular formula is C53H87FN4O7S. The molecule has 2 N–H and O–H groups in total. The number of piperazine rings is 2. The van der Waals surface area contributed by atoms with Crippen LogP contribution in [0.15, 0.2) is 0 Å². The number of sulfonamides is 1. The molecule has 10 aliphatic rings. The van der Waals surface area contributed by atoms with E-state index in [9.17, 15) is 33.0 Å². The fraction of sp³-hybridized carbons (Fsp3) is 0.943. The highest BCUT2D eigenvalue weighted by Gasteiger charge is 2.62. The number of carbonyl (C=O) groups is 3. The van der Waals surface area contributed by atoms with Gasteiger partial charge in [-0.2, -0.15) is 4.31 Å². The first kappa shape index (κ1) is 49.5. The summed E-state index contributed by atoms with van der Waals surface area (Å²) in [4.78, 5) is 44.9. The lowest BCUT2D eigenvalue weighted by Gasteiger charge is -2.57. The fourth-order valence-corrected chi connectivity index (χ4v) is 19.1. The number of Topliss-reactive ketones (excluding diaryl/α,β-unsaturated/α-hetero) is 2. The van der Waals surface area contributed by atoms with E-state index < -0.39 is 27.4 Å². The summed E-state index contributed by atoms with van der Waals surface area (Å²) in [6, 6.07) is 0. The quantitative estimate of drug-likeness (QED) is 0.281. The van der Waals surface area contributed by atoms with Crippen molar-refractivity contribution in [3.63, 3.8) is 0 Å². The van der Waals surface area contributed by atoms with Crippen molar-refractivity contribution in [1.82, 2.24) is 19.0 Å². The summed E-state index contributed by atoms with van der Waals surface area (Å²) >= 11 is 0. The van der Waals surface area contributed by atoms with Crippen LogP contribution >= 0.6 is 0 Å². The monoisotopic (exact) mass is 943 g/mol. The van der Waals surface area contributed by atoms with Crippen molar-refractivity contribution in [2.45, 2.75) is 161 Å². The zero-order chi connectivity index (χ0) is 47.1. The Bertz CT molecular complexity index is 1920. The van der Waals surface area contributed by atoms with Crippen LogP contribution in [0.1, 0.15) is 144 Å². The molecule has 0 spiro atoms. The van der Waals surface area contributed by atoms with Crippen LogP contribution in [0.2, 0.25) is 0 Å². The Balaban J connectivity index is 0.000000166. The van der Waals surface area contributed by atoms with Gasteiger partial charge in [0, 0.05) is 71.1 Å². The Hall–Kier alpha value is -1.51. The lowest BCUT2D eigenvalue weighted by molar-refractivity contribution is -0.139. The summed E-state index contributed by atoms with van der Waals surface area (Å²) in [5.41, 5.74) is -1.02. The van der Waals surface area contributed by atoms with Crippen molar-refractivity contribution in [1.29, 1.82) is 0 Å². The number of hydrogen-bond donors (Lipinski definition) is 2. The molecule has 2 heterocycles. The summed E-state index contributed by atoms with van der Waals surface area (Å²) in [6.07, 6.45) is 18.0. The highest BCUT2D eigenvalue weighted by Crippen LogP contribution is 2.66. The first-order valence-corrected chi connectivity index (χ1v) is 28.7. The van der Waals surface area contributed by atoms with Crippen molar-refractivity contribution < 1.29 is 37.4 Å². The predicted octanol–water partition coefficient (Wildman–Crippen LogP) is 6.84. The normalized spacial score (nSPS) is 47.5. The van der Waals surface area contributed by atoms with E-state index in [1.54, 1.807) is 6.92 Å². The lowest BCUT2D eigenvalue weighted by Crippen LogP contribution is -2.55. The first-order valence-electron chi connectivity index (χ1n) is 26.9. The van der Waals surface area contributed by atoms with Gasteiger partial charge in [-0.3, -0.25) is 24.2 Å². The van der Waals surface area contributed by atoms with Gasteiger partial charge in [-0.15, -0.1) is 0 Å². The minimum Gasteiger partial charge on any atom is -0.390 e. The van der Waals surface area contributed by atoms with Gasteiger partial charge in [0.1, 0.15) is 17.7 Å². The molecule has 0 unspecified atom stereocenters. The standard InChI is InChI=1S/C27H44N2O3.C26H43FN2O4S/c1-18(30)29-14-12-28(13-15-29)17-25(31)24-7-6-23-22-5-4-19-16-26(2,32)10-8-20(19)21(22)9-11-27(23,24)3;1-25(31)8-6-18-17-7-9-26(2)21(19(17)14-23(27)20(18)15-25)4-5-22(26)24(30)16-28-10-12-29(13-11-28)34(3,32)33/h19-24,32H,4-17H2,1-3H3;17-23,31H,4-16H2,1-3H3/t19-,20+,21-,22-,23+,24-,26-,27+;17-,18-,19-,20-,21+,22-,23-,25-,26+/m11/s1. The minimum atomic E-state index is -3.17. The smallest absolute Gasteiger partial charge is 0.219 e. The van der Waals surface area contributed by atoms with E-state index in [2.05, 4.69) is 23.6 Å². The van der Waals surface area contributed by atoms with E-state index in [-0.39, 0.29) is 34.5 Å². The van der Waals surface area contributed by atoms with Crippen LogP contribution in [0.25, 0.3) is 0 Å². The van der Waals surface area contributed by atoms with Crippen molar-refractivity contribution in [3.05, 3.63) is 0 Å². The molecule has 13 heteroatoms. The zero-order valence-corrected chi connectivity index (χ0v) is 42.4. The maximum absolute atomic E-state index is 15.5. The molecule has 0 bridgehead atoms. The molecule has 11 nitrogen and oxygen atoms in total. The van der Waals surface area contributed by atoms with Crippen molar-refractivity contribution in [2.75, 3.05) is 71.7 Å². The SMILES string of the molecule is CC(=O)N1CCN(CC(=O)[C@H]2CC[C@H]3[C@@H]4CC[C@@H]5C[C@](C)(O)CC[C@@H]5[C@H]4CC[C@]23C)CC1.C[C@@]1(O)CC[C@@H]2[C@H]3CC[C@]4(C)[C@@H](C(=O)CN5CCN(S(C)(=O)=O)CC5)CC[C@H]4[C@@H]3C[C@@H](F)[C@@H]2C1. The molecule has 2 aliphatic heterocycles. The second kappa shape index (κ2) is 18.6. The summed E-state index contributed by atoms with van der Waals surface area (Å²) in [7, 11) is -3.17. The molecule has 10 rings (SSSR count). The largest absolute Gasteiger partial charge is 0.390 e. The molecule has 0 radical (unpaired) electrons. The lowest BCUT2D eigenvalue weighted by atomic mass is 9.48. The van der Waals surface area contributed by atoms with Crippen LogP contribution in [-0.4, -0.2) is 144 Å². The van der Waals surface area contributed by atoms with E-state index in [1.807, 2.05) is 18.7 Å². The highest BCUT2D eigenvalue weighted by molar-refractivity contribution is 7.88. The van der Waals surface area contributed by atoms with Crippen molar-refractivity contribution >= 4 is 27.5 Å². The molecule has 17 atom stereocenters. The van der Waals surface area contributed by atoms with Gasteiger partial charge in [-0.25, -0.2) is 12.8 Å². The summed E-state index contributed by atoms with van der Waals surface area (Å²) in [6.45, 7) is 16.6. The summed E-state index contributed by atoms with van der Waals surface area (Å²) in [5.74, 6) is 6.78. The molecule has 8 aliphatic carbocycles. The van der Waals surface area contributed by atoms with Gasteiger partial charge in [-0.1, -0.05) is 13.8 Å². The number of ketones is 2. The zero-order valence-electron chi connectivity index (χ0n) is 41.6. The van der Waals surface area contributed by atoms with E-state index in [0.29, 0.717) is 93.3 Å². The Labute approximate surface area is 397 Å². The van der Waals surface area contributed by atoms with Gasteiger partial charge < -0.3 is 15.1 Å². The average Bonchev–Trinajstić information content (AvgIpc) is 3.80. The number of rotatable bonds is 7. The van der Waals surface area contributed by atoms with E-state index in [0.717, 1.165) is 108 Å². The van der Waals surface area contributed by atoms with Crippen LogP contribution in [-0.2, 0) is 24.4 Å². The first-order chi connectivity index (χ1) is 31.1. The maximum Gasteiger partial charge on any atom is 0.219 e. The molecule has 0 aromatic rings. The van der Waals surface area contributed by atoms with Crippen LogP contribution < -0.4 is 0 Å². The van der Waals surface area contributed by atoms with Gasteiger partial charge in [0.15, 0.2) is 0 Å². The van der Waals surface area contributed by atoms with Gasteiger partial charge in [0.05, 0.1) is 30.5 Å². The Morgan fingerprint density at radius 3 is 1.58 bits per heavy atom. The van der Waals surface area contributed by atoms with E-state index in [4.69, 9.17) is 0 Å². The summed E-state index contributed by atoms with van der Waals surface area (Å²) in [5, 5.41) is 21.2. The third-order valence-electron chi connectivity index (χ3n) is 21.6. The van der Waals surface area contributed by atoms with Gasteiger partial charge in [0.2, 0.25) is 15.9 Å². The number of aliphatic hydroxyl groups is 2. The Kier molecular flexibility index (Phi) is 13.9. The van der Waals surface area contributed by atoms with Crippen LogP contribution in [0, 0.1) is 81.8 Å². The number of halogens is 1. The average molecular weight is 943 g/mol. The molecule has 66 heavy (non-hydrogen) atoms. The number of carbonyl (C=O) groups excluding carboxylic acids is 3. The maximum atomic E-state index is 15.5. The number of fused-ring (bicyclic) bond motifs is 10. The topological polar surface area (TPSA) is 139 Å². The molecule has 374 valence electrons. The Morgan fingerprint density at radius 2 is 1.03 bits per heavy atom. The van der Waals surface area contributed by atoms with Gasteiger partial charge in [0.25, 0.3) is 0 Å². The third kappa shape index (κ3) is 9.53. The van der Waals surface area contributed by atoms with Gasteiger partial charge in [-0.05, 0) is 193 Å². The fourth-order valence-electron chi connectivity index (χ4n) is 18.2. The molecule has 2 saturated heterocycles. The second-order valence-electron chi connectivity index (χ2n) is 25.4. The number of amides is 1. The highest BCUT2D eigenvalue weighted by atomic mass is 32.2. The predicted molar refractivity (Wildman–Crippen MR) is 254 cm³/mol. The third-order valence-corrected chi connectivity index (χ3v) is 22.9. The number of nitrogens with zero attached hydrogens (tertiary/aromatic N) is 4. The second-order valence-corrected chi connectivity index (χ2v) is 27.4. The van der Waals surface area contributed by atoms with Crippen molar-refractivity contribution in [2.24, 2.45) is 81.8 Å². The minimum absolute atomic E-state index is 0.00112. The molecule has 8 saturated carbocycles. The molecule has 1 amide bonds. The van der Waals surface area contributed by atoms with Crippen LogP contribution in [0.3, 0.4) is 0 Å². The molecular weight excluding hydrogens is 856 g/mol. The number of alkyl halides is 1. The molecule has 0 aromatic carbocycles. The van der Waals surface area contributed by atoms with Gasteiger partial charge >= 0.3 is 0 Å². The Morgan fingerprint density at radius 1 is 0.561 bits per heavy atom. The van der Waals surface area contributed by atoms with Crippen LogP contribution in [0.4, 0.5) is 4.39 Å². The van der Waals surface area contributed by atoms with E-state index >= 15 is 4.39 Å².